The number of Topliss-reactive ketones (excluding diaryl/α,β-unsaturated/α-hetero) is 1. The number of ether oxygens (including phenoxy) is 2. The van der Waals surface area contributed by atoms with E-state index in [2.05, 4.69) is 12.2 Å². The lowest BCUT2D eigenvalue weighted by atomic mass is 9.68. The lowest BCUT2D eigenvalue weighted by Gasteiger charge is -2.38. The zero-order chi connectivity index (χ0) is 25.1. The Morgan fingerprint density at radius 1 is 1.14 bits per heavy atom. The zero-order valence-corrected chi connectivity index (χ0v) is 21.4. The summed E-state index contributed by atoms with van der Waals surface area (Å²) in [6.07, 6.45) is 0.509. The van der Waals surface area contributed by atoms with Gasteiger partial charge in [0, 0.05) is 28.6 Å². The van der Waals surface area contributed by atoms with E-state index >= 15 is 0 Å². The third kappa shape index (κ3) is 4.74. The van der Waals surface area contributed by atoms with Gasteiger partial charge in [-0.3, -0.25) is 9.59 Å². The van der Waals surface area contributed by atoms with E-state index in [0.717, 1.165) is 27.8 Å². The van der Waals surface area contributed by atoms with E-state index in [1.54, 1.807) is 11.8 Å². The summed E-state index contributed by atoms with van der Waals surface area (Å²) in [5, 5.41) is 5.28. The summed E-state index contributed by atoms with van der Waals surface area (Å²) >= 11 is 1.70. The molecule has 7 heteroatoms. The molecule has 184 valence electrons. The van der Waals surface area contributed by atoms with Gasteiger partial charge in [0.05, 0.1) is 12.7 Å². The Hall–Kier alpha value is -3.06. The van der Waals surface area contributed by atoms with Crippen molar-refractivity contribution >= 4 is 40.3 Å². The number of carbonyl (C=O) groups is 3. The smallest absolute Gasteiger partial charge is 0.336 e. The van der Waals surface area contributed by atoms with Crippen LogP contribution in [-0.4, -0.2) is 42.9 Å². The van der Waals surface area contributed by atoms with Gasteiger partial charge in [-0.15, -0.1) is 0 Å². The van der Waals surface area contributed by atoms with Crippen molar-refractivity contribution in [1.82, 2.24) is 5.32 Å². The molecule has 2 aromatic rings. The van der Waals surface area contributed by atoms with Crippen LogP contribution < -0.4 is 5.32 Å². The van der Waals surface area contributed by atoms with Crippen LogP contribution in [0.3, 0.4) is 0 Å². The highest BCUT2D eigenvalue weighted by molar-refractivity contribution is 7.99. The summed E-state index contributed by atoms with van der Waals surface area (Å²) in [6.45, 7) is 6.08. The Balaban J connectivity index is 1.87. The number of rotatable bonds is 7. The summed E-state index contributed by atoms with van der Waals surface area (Å²) in [5.41, 5.74) is 3.14. The Bertz CT molecular complexity index is 1230. The van der Waals surface area contributed by atoms with Crippen LogP contribution in [0.2, 0.25) is 0 Å². The predicted octanol–water partition coefficient (Wildman–Crippen LogP) is 4.75. The number of hydrogen-bond acceptors (Lipinski definition) is 7. The average Bonchev–Trinajstić information content (AvgIpc) is 2.85. The predicted molar refractivity (Wildman–Crippen MR) is 138 cm³/mol. The normalized spacial score (nSPS) is 22.1. The second-order valence-electron chi connectivity index (χ2n) is 8.94. The van der Waals surface area contributed by atoms with Crippen LogP contribution in [0, 0.1) is 11.8 Å². The van der Waals surface area contributed by atoms with Crippen molar-refractivity contribution in [3.63, 3.8) is 0 Å². The number of allylic oxidation sites excluding steroid dienone is 3. The van der Waals surface area contributed by atoms with Crippen LogP contribution >= 0.6 is 11.8 Å². The van der Waals surface area contributed by atoms with Crippen LogP contribution in [-0.2, 0) is 23.9 Å². The van der Waals surface area contributed by atoms with Crippen LogP contribution in [0.25, 0.3) is 10.8 Å². The maximum Gasteiger partial charge on any atom is 0.336 e. The third-order valence-corrected chi connectivity index (χ3v) is 7.63. The first-order valence-corrected chi connectivity index (χ1v) is 13.1. The molecule has 0 bridgehead atoms. The van der Waals surface area contributed by atoms with Gasteiger partial charge in [-0.2, -0.15) is 11.8 Å². The number of ketones is 1. The summed E-state index contributed by atoms with van der Waals surface area (Å²) in [5.74, 6) is -1.41. The summed E-state index contributed by atoms with van der Waals surface area (Å²) in [7, 11) is 1.30. The van der Waals surface area contributed by atoms with Crippen molar-refractivity contribution in [1.29, 1.82) is 0 Å². The number of nitrogens with one attached hydrogen (secondary N) is 1. The molecule has 0 saturated heterocycles. The Morgan fingerprint density at radius 3 is 2.63 bits per heavy atom. The molecule has 1 aliphatic carbocycles. The number of dihydropyridines is 1. The maximum absolute atomic E-state index is 13.9. The highest BCUT2D eigenvalue weighted by Gasteiger charge is 2.47. The molecule has 0 radical (unpaired) electrons. The largest absolute Gasteiger partial charge is 0.468 e. The van der Waals surface area contributed by atoms with Crippen LogP contribution in [0.15, 0.2) is 65.0 Å². The van der Waals surface area contributed by atoms with Crippen molar-refractivity contribution in [3.8, 4) is 0 Å². The highest BCUT2D eigenvalue weighted by Crippen LogP contribution is 2.46. The Labute approximate surface area is 210 Å². The van der Waals surface area contributed by atoms with Crippen molar-refractivity contribution < 1.29 is 23.9 Å². The molecular weight excluding hydrogens is 462 g/mol. The van der Waals surface area contributed by atoms with Gasteiger partial charge in [-0.05, 0) is 41.4 Å². The minimum Gasteiger partial charge on any atom is -0.468 e. The van der Waals surface area contributed by atoms with Crippen molar-refractivity contribution in [3.05, 3.63) is 70.6 Å². The van der Waals surface area contributed by atoms with Crippen molar-refractivity contribution in [2.45, 2.75) is 33.1 Å². The third-order valence-electron chi connectivity index (χ3n) is 6.76. The second-order valence-corrected chi connectivity index (χ2v) is 10.3. The number of hydrogen-bond donors (Lipinski definition) is 1. The van der Waals surface area contributed by atoms with Gasteiger partial charge >= 0.3 is 11.9 Å². The minimum absolute atomic E-state index is 0.221. The summed E-state index contributed by atoms with van der Waals surface area (Å²) < 4.78 is 10.7. The lowest BCUT2D eigenvalue weighted by molar-refractivity contribution is -0.151. The Morgan fingerprint density at radius 2 is 1.89 bits per heavy atom. The molecule has 2 aromatic carbocycles. The van der Waals surface area contributed by atoms with Gasteiger partial charge in [-0.25, -0.2) is 4.79 Å². The molecule has 4 rings (SSSR count). The van der Waals surface area contributed by atoms with Gasteiger partial charge in [-0.1, -0.05) is 56.3 Å². The van der Waals surface area contributed by atoms with Crippen LogP contribution in [0.4, 0.5) is 0 Å². The van der Waals surface area contributed by atoms with Gasteiger partial charge < -0.3 is 14.8 Å². The fraction of sp³-hybridized carbons (Fsp3) is 0.393. The number of esters is 2. The highest BCUT2D eigenvalue weighted by atomic mass is 32.2. The van der Waals surface area contributed by atoms with E-state index in [1.165, 1.54) is 7.11 Å². The van der Waals surface area contributed by atoms with Crippen molar-refractivity contribution in [2.24, 2.45) is 11.8 Å². The lowest BCUT2D eigenvalue weighted by Crippen LogP contribution is -2.43. The van der Waals surface area contributed by atoms with Crippen LogP contribution in [0.1, 0.15) is 38.7 Å². The quantitative estimate of drug-likeness (QED) is 0.339. The first kappa shape index (κ1) is 25.0. The molecule has 0 aromatic heterocycles. The van der Waals surface area contributed by atoms with Gasteiger partial charge in [0.2, 0.25) is 0 Å². The molecule has 0 fully saturated rings. The van der Waals surface area contributed by atoms with Gasteiger partial charge in [0.15, 0.2) is 5.78 Å². The number of methoxy groups -OCH3 is 1. The van der Waals surface area contributed by atoms with Crippen molar-refractivity contribution in [2.75, 3.05) is 25.2 Å². The second kappa shape index (κ2) is 10.7. The standard InChI is InChI=1S/C28H31NO5S/c1-5-35-14-13-34-28(32)23-17(3)29-21-15-16(2)22(27(31)33-4)26(30)25(21)24(23)20-12-8-10-18-9-6-7-11-19(18)20/h6-12,16,22,24,29H,5,13-15H2,1-4H3/t16-,22+,24+/m1/s1. The number of thioether (sulfide) groups is 1. The summed E-state index contributed by atoms with van der Waals surface area (Å²) in [6, 6.07) is 13.8. The molecule has 1 N–H and O–H groups in total. The monoisotopic (exact) mass is 493 g/mol. The maximum atomic E-state index is 13.9. The van der Waals surface area contributed by atoms with E-state index in [-0.39, 0.29) is 18.3 Å². The summed E-state index contributed by atoms with van der Waals surface area (Å²) in [4.78, 5) is 39.9. The molecule has 0 saturated carbocycles. The van der Waals surface area contributed by atoms with E-state index in [1.807, 2.05) is 56.3 Å². The molecule has 0 amide bonds. The fourth-order valence-corrected chi connectivity index (χ4v) is 5.67. The molecular formula is C28H31NO5S. The van der Waals surface area contributed by atoms with Gasteiger partial charge in [0.25, 0.3) is 0 Å². The zero-order valence-electron chi connectivity index (χ0n) is 20.6. The molecule has 2 aliphatic rings. The van der Waals surface area contributed by atoms with Crippen LogP contribution in [0.5, 0.6) is 0 Å². The van der Waals surface area contributed by atoms with E-state index in [0.29, 0.717) is 29.0 Å². The number of fused-ring (bicyclic) bond motifs is 1. The molecule has 0 spiro atoms. The van der Waals surface area contributed by atoms with E-state index < -0.39 is 23.8 Å². The number of benzene rings is 2. The minimum atomic E-state index is -0.908. The Kier molecular flexibility index (Phi) is 7.65. The molecule has 35 heavy (non-hydrogen) atoms. The van der Waals surface area contributed by atoms with Gasteiger partial charge in [0.1, 0.15) is 12.5 Å². The van der Waals surface area contributed by atoms with E-state index in [9.17, 15) is 14.4 Å². The molecule has 0 unspecified atom stereocenters. The first-order chi connectivity index (χ1) is 16.9. The molecule has 3 atom stereocenters. The number of carbonyl (C=O) groups excluding carboxylic acids is 3. The molecule has 1 heterocycles. The first-order valence-electron chi connectivity index (χ1n) is 11.9. The fourth-order valence-electron chi connectivity index (χ4n) is 5.18. The molecule has 1 aliphatic heterocycles. The molecule has 6 nitrogen and oxygen atoms in total. The average molecular weight is 494 g/mol. The topological polar surface area (TPSA) is 81.7 Å². The SMILES string of the molecule is CCSCCOC(=O)C1=C(C)NC2=C(C(=O)[C@@H](C(=O)OC)[C@H](C)C2)[C@H]1c1cccc2ccccc12. The van der Waals surface area contributed by atoms with E-state index in [4.69, 9.17) is 9.47 Å².